The quantitative estimate of drug-likeness (QED) is 0.568. The van der Waals surface area contributed by atoms with E-state index in [4.69, 9.17) is 0 Å². The largest absolute Gasteiger partial charge is 0.288 e. The average molecular weight is 256 g/mol. The lowest BCUT2D eigenvalue weighted by atomic mass is 10.1. The van der Waals surface area contributed by atoms with Gasteiger partial charge in [0.1, 0.15) is 5.57 Å². The third-order valence-electron chi connectivity index (χ3n) is 3.23. The molecule has 0 aromatic heterocycles. The lowest BCUT2D eigenvalue weighted by Gasteiger charge is -2.16. The van der Waals surface area contributed by atoms with Crippen LogP contribution in [0.25, 0.3) is 0 Å². The van der Waals surface area contributed by atoms with Gasteiger partial charge in [-0.3, -0.25) is 9.59 Å². The summed E-state index contributed by atoms with van der Waals surface area (Å²) in [5, 5.41) is 10.8. The highest BCUT2D eigenvalue weighted by Crippen LogP contribution is 2.32. The van der Waals surface area contributed by atoms with Gasteiger partial charge in [-0.2, -0.15) is 0 Å². The summed E-state index contributed by atoms with van der Waals surface area (Å²) in [5.41, 5.74) is 1.05. The lowest BCUT2D eigenvalue weighted by Crippen LogP contribution is -2.25. The highest BCUT2D eigenvalue weighted by Gasteiger charge is 2.39. The van der Waals surface area contributed by atoms with Crippen molar-refractivity contribution in [2.45, 2.75) is 6.92 Å². The van der Waals surface area contributed by atoms with Crippen molar-refractivity contribution in [1.29, 1.82) is 0 Å². The maximum Gasteiger partial charge on any atom is 0.201 e. The molecule has 0 unspecified atom stereocenters. The van der Waals surface area contributed by atoms with E-state index in [0.717, 1.165) is 0 Å². The summed E-state index contributed by atoms with van der Waals surface area (Å²) >= 11 is 0. The predicted molar refractivity (Wildman–Crippen MR) is 67.1 cm³/mol. The van der Waals surface area contributed by atoms with E-state index in [9.17, 15) is 9.59 Å². The molecule has 0 saturated heterocycles. The number of fused-ring (bicyclic) bond motifs is 1. The fourth-order valence-electron chi connectivity index (χ4n) is 2.32. The third-order valence-corrected chi connectivity index (χ3v) is 3.23. The Morgan fingerprint density at radius 2 is 1.63 bits per heavy atom. The van der Waals surface area contributed by atoms with Gasteiger partial charge in [0.05, 0.1) is 0 Å². The molecular formula is C13H12N4O2. The van der Waals surface area contributed by atoms with E-state index in [1.54, 1.807) is 36.3 Å². The fourth-order valence-corrected chi connectivity index (χ4v) is 2.32. The normalized spacial score (nSPS) is 17.8. The summed E-state index contributed by atoms with van der Waals surface area (Å²) in [5.74, 6) is -0.0601. The molecule has 1 aromatic carbocycles. The summed E-state index contributed by atoms with van der Waals surface area (Å²) in [6.07, 6.45) is 0. The Bertz CT molecular complexity index is 611. The first-order chi connectivity index (χ1) is 9.15. The number of hydrogen-bond acceptors (Lipinski definition) is 6. The first kappa shape index (κ1) is 11.6. The van der Waals surface area contributed by atoms with Crippen LogP contribution in [-0.4, -0.2) is 35.2 Å². The first-order valence-corrected chi connectivity index (χ1v) is 6.00. The van der Waals surface area contributed by atoms with E-state index in [2.05, 4.69) is 10.4 Å². The number of Topliss-reactive ketones (excluding diaryl/α,β-unsaturated/α-hetero) is 2. The Morgan fingerprint density at radius 1 is 1.05 bits per heavy atom. The van der Waals surface area contributed by atoms with Gasteiger partial charge in [-0.15, -0.1) is 0 Å². The second-order valence-corrected chi connectivity index (χ2v) is 4.32. The molecule has 2 aliphatic rings. The molecule has 0 spiro atoms. The number of ketones is 2. The summed E-state index contributed by atoms with van der Waals surface area (Å²) < 4.78 is 0. The van der Waals surface area contributed by atoms with Gasteiger partial charge in [-0.05, 0) is 17.4 Å². The van der Waals surface area contributed by atoms with E-state index in [1.807, 2.05) is 6.92 Å². The van der Waals surface area contributed by atoms with Crippen LogP contribution in [-0.2, 0) is 0 Å². The average Bonchev–Trinajstić information content (AvgIpc) is 2.90. The van der Waals surface area contributed by atoms with E-state index < -0.39 is 0 Å². The predicted octanol–water partition coefficient (Wildman–Crippen LogP) is 1.83. The van der Waals surface area contributed by atoms with E-state index >= 15 is 0 Å². The van der Waals surface area contributed by atoms with Gasteiger partial charge in [-0.25, -0.2) is 10.0 Å². The Labute approximate surface area is 110 Å². The van der Waals surface area contributed by atoms with E-state index in [0.29, 0.717) is 23.5 Å². The van der Waals surface area contributed by atoms with Gasteiger partial charge < -0.3 is 0 Å². The number of carbonyl (C=O) groups excluding carboxylic acids is 2. The van der Waals surface area contributed by atoms with Gasteiger partial charge >= 0.3 is 0 Å². The van der Waals surface area contributed by atoms with Crippen LogP contribution in [0, 0.1) is 0 Å². The van der Waals surface area contributed by atoms with Crippen molar-refractivity contribution >= 4 is 11.6 Å². The zero-order chi connectivity index (χ0) is 13.6. The van der Waals surface area contributed by atoms with Crippen molar-refractivity contribution in [1.82, 2.24) is 10.0 Å². The van der Waals surface area contributed by atoms with Gasteiger partial charge in [0.15, 0.2) is 5.82 Å². The van der Waals surface area contributed by atoms with Gasteiger partial charge in [0.2, 0.25) is 11.6 Å². The minimum atomic E-state index is -0.256. The minimum Gasteiger partial charge on any atom is -0.288 e. The smallest absolute Gasteiger partial charge is 0.201 e. The van der Waals surface area contributed by atoms with Gasteiger partial charge in [0.25, 0.3) is 0 Å². The molecule has 0 fully saturated rings. The van der Waals surface area contributed by atoms with Crippen molar-refractivity contribution in [2.75, 3.05) is 13.6 Å². The fraction of sp³-hybridized carbons (Fsp3) is 0.231. The van der Waals surface area contributed by atoms with Crippen molar-refractivity contribution < 1.29 is 9.59 Å². The molecule has 1 aliphatic carbocycles. The molecular weight excluding hydrogens is 244 g/mol. The van der Waals surface area contributed by atoms with Crippen molar-refractivity contribution in [2.24, 2.45) is 10.4 Å². The molecule has 0 radical (unpaired) electrons. The molecule has 6 nitrogen and oxygen atoms in total. The Morgan fingerprint density at radius 3 is 2.16 bits per heavy atom. The van der Waals surface area contributed by atoms with E-state index in [1.165, 1.54) is 5.01 Å². The Hall–Kier alpha value is -2.50. The number of allylic oxidation sites excluding steroid dienone is 1. The zero-order valence-corrected chi connectivity index (χ0v) is 10.6. The van der Waals surface area contributed by atoms with Crippen LogP contribution in [0.3, 0.4) is 0 Å². The monoisotopic (exact) mass is 256 g/mol. The Kier molecular flexibility index (Phi) is 2.45. The lowest BCUT2D eigenvalue weighted by molar-refractivity contribution is 0.0977. The second-order valence-electron chi connectivity index (χ2n) is 4.32. The number of carbonyl (C=O) groups is 2. The third kappa shape index (κ3) is 1.49. The summed E-state index contributed by atoms with van der Waals surface area (Å²) in [6.45, 7) is 2.43. The van der Waals surface area contributed by atoms with Crippen molar-refractivity contribution in [3.63, 3.8) is 0 Å². The summed E-state index contributed by atoms with van der Waals surface area (Å²) in [4.78, 5) is 24.8. The molecule has 1 aliphatic heterocycles. The van der Waals surface area contributed by atoms with Crippen LogP contribution < -0.4 is 0 Å². The van der Waals surface area contributed by atoms with Crippen molar-refractivity contribution in [3.8, 4) is 0 Å². The molecule has 1 aromatic rings. The van der Waals surface area contributed by atoms with Crippen LogP contribution in [0.15, 0.2) is 46.1 Å². The molecule has 0 bridgehead atoms. The van der Waals surface area contributed by atoms with Crippen molar-refractivity contribution in [3.05, 3.63) is 46.8 Å². The van der Waals surface area contributed by atoms with E-state index in [-0.39, 0.29) is 17.1 Å². The zero-order valence-electron chi connectivity index (χ0n) is 10.6. The van der Waals surface area contributed by atoms with Crippen LogP contribution in [0.2, 0.25) is 0 Å². The van der Waals surface area contributed by atoms with Crippen LogP contribution in [0.1, 0.15) is 27.6 Å². The minimum absolute atomic E-state index is 0.149. The highest BCUT2D eigenvalue weighted by atomic mass is 16.2. The molecule has 0 amide bonds. The van der Waals surface area contributed by atoms with Crippen LogP contribution in [0.5, 0.6) is 0 Å². The Balaban J connectivity index is 2.19. The van der Waals surface area contributed by atoms with Gasteiger partial charge in [-0.1, -0.05) is 24.3 Å². The van der Waals surface area contributed by atoms with Gasteiger partial charge in [0, 0.05) is 24.7 Å². The molecule has 6 heteroatoms. The second kappa shape index (κ2) is 4.01. The molecule has 3 rings (SSSR count). The molecule has 0 N–H and O–H groups in total. The topological polar surface area (TPSA) is 65.3 Å². The molecule has 0 atom stereocenters. The van der Waals surface area contributed by atoms with Crippen LogP contribution in [0.4, 0.5) is 0 Å². The molecule has 1 heterocycles. The maximum absolute atomic E-state index is 12.4. The SMILES string of the molecule is CCN1N=NN(C)C1=C1C(=O)c2ccccc2C1=O. The first-order valence-electron chi connectivity index (χ1n) is 6.00. The number of rotatable bonds is 1. The number of nitrogens with zero attached hydrogens (tertiary/aromatic N) is 4. The maximum atomic E-state index is 12.4. The summed E-state index contributed by atoms with van der Waals surface area (Å²) in [7, 11) is 1.67. The molecule has 19 heavy (non-hydrogen) atoms. The van der Waals surface area contributed by atoms with Crippen LogP contribution >= 0.6 is 0 Å². The number of hydrogen-bond donors (Lipinski definition) is 0. The highest BCUT2D eigenvalue weighted by molar-refractivity contribution is 6.39. The standard InChI is InChI=1S/C13H12N4O2/c1-3-17-13(16(2)14-15-17)10-11(18)8-6-4-5-7-9(8)12(10)19/h4-7H,3H2,1-2H3. The molecule has 0 saturated carbocycles. The number of benzene rings is 1. The molecule has 96 valence electrons. The summed E-state index contributed by atoms with van der Waals surface area (Å²) in [6, 6.07) is 6.84.